The quantitative estimate of drug-likeness (QED) is 0.521. The van der Waals surface area contributed by atoms with Gasteiger partial charge >= 0.3 is 0 Å². The standard InChI is InChI=1S/C15H26N2O3S/c1-4-12-10-14(19)17(15(12)20)8-7-16-13(18)6-5-9-21-11(2)3/h11-12H,4-10H2,1-3H3,(H,16,18). The fourth-order valence-corrected chi connectivity index (χ4v) is 3.04. The zero-order chi connectivity index (χ0) is 15.8. The van der Waals surface area contributed by atoms with Crippen LogP contribution in [0.15, 0.2) is 0 Å². The molecule has 0 spiro atoms. The van der Waals surface area contributed by atoms with Gasteiger partial charge in [0.05, 0.1) is 0 Å². The summed E-state index contributed by atoms with van der Waals surface area (Å²) in [5, 5.41) is 3.37. The Hall–Kier alpha value is -1.04. The van der Waals surface area contributed by atoms with E-state index in [1.165, 1.54) is 4.90 Å². The molecule has 21 heavy (non-hydrogen) atoms. The topological polar surface area (TPSA) is 66.5 Å². The van der Waals surface area contributed by atoms with E-state index in [1.807, 2.05) is 18.7 Å². The van der Waals surface area contributed by atoms with Crippen LogP contribution < -0.4 is 5.32 Å². The van der Waals surface area contributed by atoms with E-state index in [0.29, 0.717) is 37.6 Å². The Balaban J connectivity index is 2.17. The summed E-state index contributed by atoms with van der Waals surface area (Å²) in [5.41, 5.74) is 0. The van der Waals surface area contributed by atoms with Gasteiger partial charge in [-0.25, -0.2) is 0 Å². The molecule has 1 aliphatic rings. The maximum absolute atomic E-state index is 11.9. The molecule has 1 rings (SSSR count). The number of likely N-dealkylation sites (tertiary alicyclic amines) is 1. The fraction of sp³-hybridized carbons (Fsp3) is 0.800. The van der Waals surface area contributed by atoms with Crippen molar-refractivity contribution < 1.29 is 14.4 Å². The fourth-order valence-electron chi connectivity index (χ4n) is 2.25. The van der Waals surface area contributed by atoms with Crippen molar-refractivity contribution in [3.8, 4) is 0 Å². The van der Waals surface area contributed by atoms with Gasteiger partial charge in [0.2, 0.25) is 17.7 Å². The monoisotopic (exact) mass is 314 g/mol. The number of nitrogens with zero attached hydrogens (tertiary/aromatic N) is 1. The summed E-state index contributed by atoms with van der Waals surface area (Å²) in [6, 6.07) is 0. The lowest BCUT2D eigenvalue weighted by Gasteiger charge is -2.15. The van der Waals surface area contributed by atoms with Crippen LogP contribution >= 0.6 is 11.8 Å². The summed E-state index contributed by atoms with van der Waals surface area (Å²) >= 11 is 1.84. The van der Waals surface area contributed by atoms with E-state index >= 15 is 0 Å². The Bertz CT molecular complexity index is 385. The molecule has 1 unspecified atom stereocenters. The Kier molecular flexibility index (Phi) is 7.78. The van der Waals surface area contributed by atoms with Crippen molar-refractivity contribution in [1.29, 1.82) is 0 Å². The minimum absolute atomic E-state index is 0.00880. The molecule has 6 heteroatoms. The second kappa shape index (κ2) is 9.07. The highest BCUT2D eigenvalue weighted by Crippen LogP contribution is 2.21. The van der Waals surface area contributed by atoms with Gasteiger partial charge in [-0.1, -0.05) is 20.8 Å². The molecule has 0 aromatic rings. The Morgan fingerprint density at radius 3 is 2.71 bits per heavy atom. The van der Waals surface area contributed by atoms with Crippen LogP contribution in [0, 0.1) is 5.92 Å². The Labute approximate surface area is 131 Å². The van der Waals surface area contributed by atoms with E-state index in [4.69, 9.17) is 0 Å². The molecule has 1 atom stereocenters. The summed E-state index contributed by atoms with van der Waals surface area (Å²) in [5.74, 6) is 0.595. The molecule has 1 fully saturated rings. The third-order valence-electron chi connectivity index (χ3n) is 3.49. The number of rotatable bonds is 9. The molecule has 1 N–H and O–H groups in total. The van der Waals surface area contributed by atoms with Gasteiger partial charge < -0.3 is 5.32 Å². The van der Waals surface area contributed by atoms with Gasteiger partial charge in [-0.15, -0.1) is 0 Å². The van der Waals surface area contributed by atoms with Crippen molar-refractivity contribution in [2.24, 2.45) is 5.92 Å². The summed E-state index contributed by atoms with van der Waals surface area (Å²) in [6.07, 6.45) is 2.37. The highest BCUT2D eigenvalue weighted by atomic mass is 32.2. The number of hydrogen-bond donors (Lipinski definition) is 1. The van der Waals surface area contributed by atoms with Gasteiger partial charge in [0.15, 0.2) is 0 Å². The van der Waals surface area contributed by atoms with Crippen LogP contribution in [0.1, 0.15) is 46.5 Å². The van der Waals surface area contributed by atoms with E-state index in [-0.39, 0.29) is 23.6 Å². The predicted octanol–water partition coefficient (Wildman–Crippen LogP) is 1.81. The Morgan fingerprint density at radius 1 is 1.43 bits per heavy atom. The number of amides is 3. The number of carbonyl (C=O) groups is 3. The molecule has 1 heterocycles. The normalized spacial score (nSPS) is 18.7. The number of thioether (sulfide) groups is 1. The zero-order valence-electron chi connectivity index (χ0n) is 13.2. The van der Waals surface area contributed by atoms with Crippen molar-refractivity contribution in [3.63, 3.8) is 0 Å². The third-order valence-corrected chi connectivity index (χ3v) is 4.68. The molecule has 1 saturated heterocycles. The molecule has 120 valence electrons. The van der Waals surface area contributed by atoms with Crippen LogP contribution in [0.2, 0.25) is 0 Å². The number of hydrogen-bond acceptors (Lipinski definition) is 4. The maximum atomic E-state index is 11.9. The second-order valence-corrected chi connectivity index (χ2v) is 7.25. The lowest BCUT2D eigenvalue weighted by Crippen LogP contribution is -2.38. The molecular weight excluding hydrogens is 288 g/mol. The van der Waals surface area contributed by atoms with Crippen LogP contribution in [0.25, 0.3) is 0 Å². The molecule has 5 nitrogen and oxygen atoms in total. The van der Waals surface area contributed by atoms with Crippen LogP contribution in [-0.4, -0.2) is 46.7 Å². The van der Waals surface area contributed by atoms with Crippen molar-refractivity contribution >= 4 is 29.5 Å². The molecule has 1 aliphatic heterocycles. The summed E-state index contributed by atoms with van der Waals surface area (Å²) in [7, 11) is 0. The second-order valence-electron chi connectivity index (χ2n) is 5.57. The van der Waals surface area contributed by atoms with Crippen molar-refractivity contribution in [2.75, 3.05) is 18.8 Å². The first-order valence-electron chi connectivity index (χ1n) is 7.68. The van der Waals surface area contributed by atoms with Crippen molar-refractivity contribution in [3.05, 3.63) is 0 Å². The van der Waals surface area contributed by atoms with Crippen LogP contribution in [0.4, 0.5) is 0 Å². The maximum Gasteiger partial charge on any atom is 0.232 e. The first-order chi connectivity index (χ1) is 9.95. The highest BCUT2D eigenvalue weighted by Gasteiger charge is 2.36. The highest BCUT2D eigenvalue weighted by molar-refractivity contribution is 7.99. The minimum Gasteiger partial charge on any atom is -0.354 e. The molecule has 0 radical (unpaired) electrons. The molecule has 0 bridgehead atoms. The molecular formula is C15H26N2O3S. The predicted molar refractivity (Wildman–Crippen MR) is 85.0 cm³/mol. The first kappa shape index (κ1) is 18.0. The van der Waals surface area contributed by atoms with Gasteiger partial charge in [0, 0.05) is 31.8 Å². The zero-order valence-corrected chi connectivity index (χ0v) is 14.0. The lowest BCUT2D eigenvalue weighted by atomic mass is 10.1. The van der Waals surface area contributed by atoms with E-state index in [2.05, 4.69) is 19.2 Å². The van der Waals surface area contributed by atoms with Crippen LogP contribution in [0.3, 0.4) is 0 Å². The largest absolute Gasteiger partial charge is 0.354 e. The van der Waals surface area contributed by atoms with E-state index in [0.717, 1.165) is 12.2 Å². The van der Waals surface area contributed by atoms with E-state index in [1.54, 1.807) is 0 Å². The minimum atomic E-state index is -0.166. The van der Waals surface area contributed by atoms with Gasteiger partial charge in [-0.05, 0) is 23.8 Å². The first-order valence-corrected chi connectivity index (χ1v) is 8.73. The smallest absolute Gasteiger partial charge is 0.232 e. The van der Waals surface area contributed by atoms with Gasteiger partial charge in [0.1, 0.15) is 0 Å². The SMILES string of the molecule is CCC1CC(=O)N(CCNC(=O)CCCSC(C)C)C1=O. The van der Waals surface area contributed by atoms with Crippen molar-refractivity contribution in [2.45, 2.75) is 51.7 Å². The lowest BCUT2D eigenvalue weighted by molar-refractivity contribution is -0.139. The molecule has 0 aromatic heterocycles. The van der Waals surface area contributed by atoms with Crippen LogP contribution in [0.5, 0.6) is 0 Å². The molecule has 0 aliphatic carbocycles. The van der Waals surface area contributed by atoms with Crippen LogP contribution in [-0.2, 0) is 14.4 Å². The number of imide groups is 1. The van der Waals surface area contributed by atoms with E-state index in [9.17, 15) is 14.4 Å². The number of nitrogens with one attached hydrogen (secondary N) is 1. The summed E-state index contributed by atoms with van der Waals surface area (Å²) < 4.78 is 0. The van der Waals surface area contributed by atoms with Crippen molar-refractivity contribution in [1.82, 2.24) is 10.2 Å². The summed E-state index contributed by atoms with van der Waals surface area (Å²) in [6.45, 7) is 6.83. The Morgan fingerprint density at radius 2 is 2.14 bits per heavy atom. The number of carbonyl (C=O) groups excluding carboxylic acids is 3. The molecule has 0 saturated carbocycles. The average Bonchev–Trinajstić information content (AvgIpc) is 2.70. The summed E-state index contributed by atoms with van der Waals surface area (Å²) in [4.78, 5) is 36.5. The van der Waals surface area contributed by atoms with Gasteiger partial charge in [-0.3, -0.25) is 19.3 Å². The van der Waals surface area contributed by atoms with E-state index < -0.39 is 0 Å². The van der Waals surface area contributed by atoms with Gasteiger partial charge in [-0.2, -0.15) is 11.8 Å². The average molecular weight is 314 g/mol. The third kappa shape index (κ3) is 6.08. The van der Waals surface area contributed by atoms with Gasteiger partial charge in [0.25, 0.3) is 0 Å². The molecule has 0 aromatic carbocycles. The molecule has 3 amide bonds.